The van der Waals surface area contributed by atoms with Gasteiger partial charge in [-0.3, -0.25) is 4.79 Å². The van der Waals surface area contributed by atoms with Gasteiger partial charge in [-0.15, -0.1) is 0 Å². The number of benzene rings is 1. The molecular weight excluding hydrogens is 250 g/mol. The van der Waals surface area contributed by atoms with Crippen LogP contribution in [-0.2, 0) is 10.2 Å². The molecule has 0 spiro atoms. The Bertz CT molecular complexity index is 500. The molecule has 2 rings (SSSR count). The van der Waals surface area contributed by atoms with E-state index in [1.807, 2.05) is 12.1 Å². The van der Waals surface area contributed by atoms with Crippen molar-refractivity contribution in [3.05, 3.63) is 29.8 Å². The number of hydrogen-bond acceptors (Lipinski definition) is 2. The molecule has 0 aromatic heterocycles. The molecule has 20 heavy (non-hydrogen) atoms. The van der Waals surface area contributed by atoms with Gasteiger partial charge >= 0.3 is 0 Å². The molecule has 0 saturated heterocycles. The number of methoxy groups -OCH3 is 1. The zero-order chi connectivity index (χ0) is 14.8. The lowest BCUT2D eigenvalue weighted by Gasteiger charge is -2.50. The smallest absolute Gasteiger partial charge is 0.224 e. The second-order valence-corrected chi connectivity index (χ2v) is 6.07. The Morgan fingerprint density at radius 3 is 2.65 bits per heavy atom. The normalized spacial score (nSPS) is 29.9. The topological polar surface area (TPSA) is 52.3 Å². The summed E-state index contributed by atoms with van der Waals surface area (Å²) in [5.74, 6) is 0.675. The summed E-state index contributed by atoms with van der Waals surface area (Å²) >= 11 is 0. The number of carbonyl (C=O) groups is 1. The molecular formula is C17H25NO2. The van der Waals surface area contributed by atoms with E-state index in [9.17, 15) is 4.79 Å². The number of nitrogens with two attached hydrogens (primary N) is 1. The third-order valence-corrected chi connectivity index (χ3v) is 5.37. The van der Waals surface area contributed by atoms with Gasteiger partial charge in [0.2, 0.25) is 5.91 Å². The van der Waals surface area contributed by atoms with Gasteiger partial charge in [0, 0.05) is 5.41 Å². The molecule has 1 saturated carbocycles. The quantitative estimate of drug-likeness (QED) is 0.915. The summed E-state index contributed by atoms with van der Waals surface area (Å²) in [4.78, 5) is 12.2. The van der Waals surface area contributed by atoms with Crippen molar-refractivity contribution in [1.82, 2.24) is 0 Å². The maximum absolute atomic E-state index is 12.2. The molecule has 1 fully saturated rings. The van der Waals surface area contributed by atoms with Gasteiger partial charge < -0.3 is 10.5 Å². The standard InChI is InChI=1S/C17H25NO2/c1-4-17(15(18)19)11-6-5-10-16(17,2)13-8-7-9-14(12-13)20-3/h7-9,12H,4-6,10-11H2,1-3H3,(H2,18,19). The molecule has 110 valence electrons. The third kappa shape index (κ3) is 2.09. The van der Waals surface area contributed by atoms with Crippen molar-refractivity contribution in [3.63, 3.8) is 0 Å². The van der Waals surface area contributed by atoms with Crippen LogP contribution in [0.15, 0.2) is 24.3 Å². The maximum atomic E-state index is 12.2. The van der Waals surface area contributed by atoms with Gasteiger partial charge in [-0.2, -0.15) is 0 Å². The summed E-state index contributed by atoms with van der Waals surface area (Å²) in [6, 6.07) is 8.09. The Balaban J connectivity index is 2.55. The van der Waals surface area contributed by atoms with Crippen molar-refractivity contribution in [3.8, 4) is 5.75 Å². The monoisotopic (exact) mass is 275 g/mol. The van der Waals surface area contributed by atoms with Gasteiger partial charge in [-0.05, 0) is 37.0 Å². The molecule has 1 aromatic rings. The highest BCUT2D eigenvalue weighted by molar-refractivity contribution is 5.83. The molecule has 0 heterocycles. The van der Waals surface area contributed by atoms with Crippen molar-refractivity contribution in [1.29, 1.82) is 0 Å². The van der Waals surface area contributed by atoms with Gasteiger partial charge in [0.15, 0.2) is 0 Å². The van der Waals surface area contributed by atoms with Crippen molar-refractivity contribution in [2.24, 2.45) is 11.1 Å². The number of primary amides is 1. The van der Waals surface area contributed by atoms with E-state index in [-0.39, 0.29) is 11.3 Å². The third-order valence-electron chi connectivity index (χ3n) is 5.37. The SMILES string of the molecule is CCC1(C(N)=O)CCCCC1(C)c1cccc(OC)c1. The van der Waals surface area contributed by atoms with Crippen LogP contribution in [0.2, 0.25) is 0 Å². The van der Waals surface area contributed by atoms with Crippen LogP contribution in [-0.4, -0.2) is 13.0 Å². The Hall–Kier alpha value is -1.51. The van der Waals surface area contributed by atoms with Gasteiger partial charge in [0.1, 0.15) is 5.75 Å². The number of hydrogen-bond donors (Lipinski definition) is 1. The zero-order valence-corrected chi connectivity index (χ0v) is 12.7. The molecule has 1 aliphatic rings. The Morgan fingerprint density at radius 1 is 1.35 bits per heavy atom. The fraction of sp³-hybridized carbons (Fsp3) is 0.588. The van der Waals surface area contributed by atoms with Crippen molar-refractivity contribution in [2.45, 2.75) is 51.4 Å². The molecule has 0 radical (unpaired) electrons. The van der Waals surface area contributed by atoms with E-state index in [4.69, 9.17) is 10.5 Å². The molecule has 1 aromatic carbocycles. The summed E-state index contributed by atoms with van der Waals surface area (Å²) < 4.78 is 5.34. The van der Waals surface area contributed by atoms with E-state index in [2.05, 4.69) is 26.0 Å². The van der Waals surface area contributed by atoms with Crippen molar-refractivity contribution in [2.75, 3.05) is 7.11 Å². The summed E-state index contributed by atoms with van der Waals surface area (Å²) in [6.07, 6.45) is 4.89. The highest BCUT2D eigenvalue weighted by Crippen LogP contribution is 2.54. The van der Waals surface area contributed by atoms with E-state index in [0.717, 1.165) is 43.4 Å². The van der Waals surface area contributed by atoms with Crippen LogP contribution in [0.1, 0.15) is 51.5 Å². The number of ether oxygens (including phenoxy) is 1. The van der Waals surface area contributed by atoms with E-state index in [0.29, 0.717) is 0 Å². The fourth-order valence-electron chi connectivity index (χ4n) is 3.94. The van der Waals surface area contributed by atoms with Gasteiger partial charge in [-0.1, -0.05) is 38.8 Å². The predicted molar refractivity (Wildman–Crippen MR) is 80.7 cm³/mol. The summed E-state index contributed by atoms with van der Waals surface area (Å²) in [7, 11) is 1.67. The molecule has 0 aliphatic heterocycles. The van der Waals surface area contributed by atoms with E-state index in [1.54, 1.807) is 7.11 Å². The van der Waals surface area contributed by atoms with Crippen molar-refractivity contribution < 1.29 is 9.53 Å². The van der Waals surface area contributed by atoms with E-state index in [1.165, 1.54) is 0 Å². The van der Waals surface area contributed by atoms with Crippen LogP contribution in [0.3, 0.4) is 0 Å². The summed E-state index contributed by atoms with van der Waals surface area (Å²) in [6.45, 7) is 4.27. The largest absolute Gasteiger partial charge is 0.497 e. The molecule has 3 nitrogen and oxygen atoms in total. The lowest BCUT2D eigenvalue weighted by molar-refractivity contribution is -0.135. The van der Waals surface area contributed by atoms with Crippen LogP contribution in [0.5, 0.6) is 5.75 Å². The second-order valence-electron chi connectivity index (χ2n) is 6.07. The minimum absolute atomic E-state index is 0.162. The van der Waals surface area contributed by atoms with Crippen LogP contribution in [0.4, 0.5) is 0 Å². The Labute approximate surface area is 121 Å². The predicted octanol–water partition coefficient (Wildman–Crippen LogP) is 3.41. The summed E-state index contributed by atoms with van der Waals surface area (Å²) in [5, 5.41) is 0. The fourth-order valence-corrected chi connectivity index (χ4v) is 3.94. The minimum Gasteiger partial charge on any atom is -0.497 e. The Kier molecular flexibility index (Phi) is 4.07. The lowest BCUT2D eigenvalue weighted by atomic mass is 9.52. The average molecular weight is 275 g/mol. The molecule has 1 amide bonds. The van der Waals surface area contributed by atoms with Gasteiger partial charge in [0.25, 0.3) is 0 Å². The number of amides is 1. The van der Waals surface area contributed by atoms with Crippen LogP contribution >= 0.6 is 0 Å². The molecule has 3 heteroatoms. The van der Waals surface area contributed by atoms with Crippen LogP contribution in [0, 0.1) is 5.41 Å². The van der Waals surface area contributed by atoms with Crippen LogP contribution in [0.25, 0.3) is 0 Å². The molecule has 2 N–H and O–H groups in total. The van der Waals surface area contributed by atoms with Gasteiger partial charge in [0.05, 0.1) is 12.5 Å². The summed E-state index contributed by atoms with van der Waals surface area (Å²) in [5.41, 5.74) is 6.34. The number of carbonyl (C=O) groups excluding carboxylic acids is 1. The average Bonchev–Trinajstić information content (AvgIpc) is 2.47. The van der Waals surface area contributed by atoms with E-state index >= 15 is 0 Å². The first-order valence-corrected chi connectivity index (χ1v) is 7.44. The van der Waals surface area contributed by atoms with Crippen molar-refractivity contribution >= 4 is 5.91 Å². The Morgan fingerprint density at radius 2 is 2.05 bits per heavy atom. The molecule has 2 atom stereocenters. The van der Waals surface area contributed by atoms with Gasteiger partial charge in [-0.25, -0.2) is 0 Å². The number of rotatable bonds is 4. The first kappa shape index (κ1) is 14.9. The first-order chi connectivity index (χ1) is 9.50. The highest BCUT2D eigenvalue weighted by Gasteiger charge is 2.53. The minimum atomic E-state index is -0.447. The lowest BCUT2D eigenvalue weighted by Crippen LogP contribution is -2.53. The molecule has 0 bridgehead atoms. The molecule has 1 aliphatic carbocycles. The van der Waals surface area contributed by atoms with E-state index < -0.39 is 5.41 Å². The molecule has 2 unspecified atom stereocenters. The first-order valence-electron chi connectivity index (χ1n) is 7.44. The maximum Gasteiger partial charge on any atom is 0.224 e. The van der Waals surface area contributed by atoms with Crippen LogP contribution < -0.4 is 10.5 Å². The second kappa shape index (κ2) is 5.47. The highest BCUT2D eigenvalue weighted by atomic mass is 16.5. The zero-order valence-electron chi connectivity index (χ0n) is 12.7.